The number of nitrogens with zero attached hydrogens (tertiary/aromatic N) is 5. The van der Waals surface area contributed by atoms with Crippen LogP contribution in [0.5, 0.6) is 5.88 Å². The zero-order valence-electron chi connectivity index (χ0n) is 19.8. The molecule has 1 aromatic carbocycles. The lowest BCUT2D eigenvalue weighted by Crippen LogP contribution is -2.44. The molecule has 0 atom stereocenters. The number of anilines is 2. The van der Waals surface area contributed by atoms with E-state index >= 15 is 0 Å². The number of rotatable bonds is 12. The van der Waals surface area contributed by atoms with Gasteiger partial charge >= 0.3 is 0 Å². The summed E-state index contributed by atoms with van der Waals surface area (Å²) in [5, 5.41) is 4.78. The molecule has 0 aliphatic carbocycles. The van der Waals surface area contributed by atoms with Crippen LogP contribution in [0.1, 0.15) is 18.9 Å². The van der Waals surface area contributed by atoms with Gasteiger partial charge in [0.1, 0.15) is 0 Å². The van der Waals surface area contributed by atoms with E-state index in [1.165, 1.54) is 5.01 Å². The van der Waals surface area contributed by atoms with Crippen LogP contribution in [-0.4, -0.2) is 67.8 Å². The largest absolute Gasteiger partial charge is 0.366 e. The van der Waals surface area contributed by atoms with E-state index in [0.29, 0.717) is 31.2 Å². The number of allylic oxidation sites excluding steroid dienone is 3. The predicted octanol–water partition coefficient (Wildman–Crippen LogP) is 2.19. The van der Waals surface area contributed by atoms with Gasteiger partial charge in [-0.15, -0.1) is 0 Å². The highest BCUT2D eigenvalue weighted by molar-refractivity contribution is 5.57. The Labute approximate surface area is 196 Å². The van der Waals surface area contributed by atoms with Gasteiger partial charge < -0.3 is 20.0 Å². The predicted molar refractivity (Wildman–Crippen MR) is 132 cm³/mol. The number of amides is 1. The topological polar surface area (TPSA) is 77.9 Å². The van der Waals surface area contributed by atoms with Crippen molar-refractivity contribution in [3.63, 3.8) is 0 Å². The lowest BCUT2D eigenvalue weighted by Gasteiger charge is -2.29. The third-order valence-electron chi connectivity index (χ3n) is 5.25. The molecule has 0 radical (unpaired) electrons. The van der Waals surface area contributed by atoms with Gasteiger partial charge in [-0.3, -0.25) is 9.36 Å². The van der Waals surface area contributed by atoms with Gasteiger partial charge in [0.15, 0.2) is 5.82 Å². The first-order valence-corrected chi connectivity index (χ1v) is 11.3. The monoisotopic (exact) mass is 453 g/mol. The molecule has 1 aromatic heterocycles. The minimum absolute atomic E-state index is 0.478. The molecule has 178 valence electrons. The molecular formula is C24H35N7O2. The molecule has 2 heterocycles. The van der Waals surface area contributed by atoms with E-state index in [4.69, 9.17) is 9.82 Å². The summed E-state index contributed by atoms with van der Waals surface area (Å²) in [4.78, 5) is 26.7. The molecule has 2 N–H and O–H groups in total. The third-order valence-corrected chi connectivity index (χ3v) is 5.25. The first-order valence-electron chi connectivity index (χ1n) is 11.3. The number of hydrazine groups is 1. The Morgan fingerprint density at radius 1 is 1.18 bits per heavy atom. The fraction of sp³-hybridized carbons (Fsp3) is 0.417. The van der Waals surface area contributed by atoms with Gasteiger partial charge in [-0.2, -0.15) is 4.98 Å². The average molecular weight is 454 g/mol. The highest BCUT2D eigenvalue weighted by Gasteiger charge is 2.26. The number of hydrogen-bond acceptors (Lipinski definition) is 7. The number of carbonyl (C=O) groups is 1. The van der Waals surface area contributed by atoms with E-state index in [9.17, 15) is 4.79 Å². The van der Waals surface area contributed by atoms with Gasteiger partial charge in [0.2, 0.25) is 12.4 Å². The molecule has 1 saturated heterocycles. The smallest absolute Gasteiger partial charge is 0.267 e. The van der Waals surface area contributed by atoms with Gasteiger partial charge in [0.25, 0.3) is 5.88 Å². The lowest BCUT2D eigenvalue weighted by molar-refractivity contribution is -0.128. The minimum Gasteiger partial charge on any atom is -0.366 e. The third kappa shape index (κ3) is 6.84. The maximum absolute atomic E-state index is 11.6. The molecule has 1 amide bonds. The van der Waals surface area contributed by atoms with Gasteiger partial charge in [-0.25, -0.2) is 5.01 Å². The summed E-state index contributed by atoms with van der Waals surface area (Å²) >= 11 is 0. The minimum atomic E-state index is 0.478. The molecule has 1 aliphatic heterocycles. The fourth-order valence-corrected chi connectivity index (χ4v) is 3.54. The van der Waals surface area contributed by atoms with Crippen LogP contribution in [0.25, 0.3) is 0 Å². The van der Waals surface area contributed by atoms with Crippen molar-refractivity contribution in [3.8, 4) is 5.88 Å². The first kappa shape index (κ1) is 24.3. The lowest BCUT2D eigenvalue weighted by atomic mass is 10.2. The Balaban J connectivity index is 1.85. The summed E-state index contributed by atoms with van der Waals surface area (Å²) in [5.74, 6) is 2.12. The van der Waals surface area contributed by atoms with Crippen LogP contribution in [-0.2, 0) is 11.3 Å². The van der Waals surface area contributed by atoms with Gasteiger partial charge in [-0.1, -0.05) is 60.2 Å². The number of imidazole rings is 1. The number of aromatic nitrogens is 2. The maximum Gasteiger partial charge on any atom is 0.267 e. The number of hydrogen-bond donors (Lipinski definition) is 2. The molecule has 0 spiro atoms. The molecule has 9 nitrogen and oxygen atoms in total. The fourth-order valence-electron chi connectivity index (χ4n) is 3.54. The van der Waals surface area contributed by atoms with Crippen molar-refractivity contribution in [3.05, 3.63) is 60.2 Å². The van der Waals surface area contributed by atoms with Crippen LogP contribution in [0.3, 0.4) is 0 Å². The van der Waals surface area contributed by atoms with E-state index in [1.807, 2.05) is 68.4 Å². The Morgan fingerprint density at radius 3 is 2.61 bits per heavy atom. The van der Waals surface area contributed by atoms with Crippen LogP contribution >= 0.6 is 0 Å². The molecule has 1 fully saturated rings. The second kappa shape index (κ2) is 12.7. The summed E-state index contributed by atoms with van der Waals surface area (Å²) < 4.78 is 2.07. The van der Waals surface area contributed by atoms with Crippen LogP contribution in [0.4, 0.5) is 11.8 Å². The first-order chi connectivity index (χ1) is 16.1. The Morgan fingerprint density at radius 2 is 1.94 bits per heavy atom. The summed E-state index contributed by atoms with van der Waals surface area (Å²) in [5.41, 5.74) is 3.95. The molecule has 2 aromatic rings. The second-order valence-corrected chi connectivity index (χ2v) is 7.98. The molecular weight excluding hydrogens is 418 g/mol. The van der Waals surface area contributed by atoms with Crippen molar-refractivity contribution in [1.82, 2.24) is 25.5 Å². The van der Waals surface area contributed by atoms with E-state index in [2.05, 4.69) is 32.5 Å². The summed E-state index contributed by atoms with van der Waals surface area (Å²) in [6.45, 7) is 6.59. The Bertz CT molecular complexity index is 918. The van der Waals surface area contributed by atoms with Gasteiger partial charge in [0, 0.05) is 46.8 Å². The molecule has 0 bridgehead atoms. The van der Waals surface area contributed by atoms with Gasteiger partial charge in [0.05, 0.1) is 6.54 Å². The van der Waals surface area contributed by atoms with E-state index in [0.717, 1.165) is 44.1 Å². The van der Waals surface area contributed by atoms with Crippen molar-refractivity contribution in [2.24, 2.45) is 0 Å². The molecule has 0 saturated carbocycles. The quantitative estimate of drug-likeness (QED) is 0.290. The van der Waals surface area contributed by atoms with Crippen LogP contribution in [0, 0.1) is 0 Å². The van der Waals surface area contributed by atoms with Crippen LogP contribution in [0.15, 0.2) is 54.6 Å². The van der Waals surface area contributed by atoms with E-state index in [1.54, 1.807) is 0 Å². The molecule has 3 rings (SSSR count). The second-order valence-electron chi connectivity index (χ2n) is 7.98. The van der Waals surface area contributed by atoms with Crippen molar-refractivity contribution in [2.75, 3.05) is 56.6 Å². The SMILES string of the molecule is C/C=C\C=C/CCN(C=O)NOc1c(N(C)C)nc(N2CCNCC2)n1Cc1ccccc1. The molecule has 1 aliphatic rings. The zero-order chi connectivity index (χ0) is 23.5. The average Bonchev–Trinajstić information content (AvgIpc) is 3.20. The molecule has 33 heavy (non-hydrogen) atoms. The summed E-state index contributed by atoms with van der Waals surface area (Å²) in [6, 6.07) is 10.2. The van der Waals surface area contributed by atoms with E-state index in [-0.39, 0.29) is 0 Å². The molecule has 9 heteroatoms. The van der Waals surface area contributed by atoms with Crippen molar-refractivity contribution in [2.45, 2.75) is 19.9 Å². The number of benzene rings is 1. The van der Waals surface area contributed by atoms with Crippen molar-refractivity contribution >= 4 is 18.2 Å². The summed E-state index contributed by atoms with van der Waals surface area (Å²) in [6.07, 6.45) is 9.32. The highest BCUT2D eigenvalue weighted by atomic mass is 16.7. The van der Waals surface area contributed by atoms with Gasteiger partial charge in [-0.05, 0) is 18.9 Å². The maximum atomic E-state index is 11.6. The molecule has 0 unspecified atom stereocenters. The standard InChI is InChI=1S/C24H35N7O2/c1-4-5-6-7-11-16-30(20-32)27-33-23-22(28(2)3)26-24(29-17-14-25-15-18-29)31(23)19-21-12-9-8-10-13-21/h4-10,12-13,20,25,27H,11,14-19H2,1-3H3/b5-4-,7-6-. The number of carbonyl (C=O) groups excluding carboxylic acids is 1. The Kier molecular flexibility index (Phi) is 9.34. The highest BCUT2D eigenvalue weighted by Crippen LogP contribution is 2.33. The van der Waals surface area contributed by atoms with Crippen LogP contribution < -0.4 is 25.5 Å². The zero-order valence-corrected chi connectivity index (χ0v) is 19.8. The van der Waals surface area contributed by atoms with Crippen LogP contribution in [0.2, 0.25) is 0 Å². The van der Waals surface area contributed by atoms with Crippen molar-refractivity contribution in [1.29, 1.82) is 0 Å². The number of nitrogens with one attached hydrogen (secondary N) is 2. The van der Waals surface area contributed by atoms with Crippen molar-refractivity contribution < 1.29 is 9.63 Å². The summed E-state index contributed by atoms with van der Waals surface area (Å²) in [7, 11) is 3.88. The Hall–Kier alpha value is -3.30. The normalized spacial score (nSPS) is 14.2. The number of piperazine rings is 1. The van der Waals surface area contributed by atoms with E-state index < -0.39 is 0 Å².